The summed E-state index contributed by atoms with van der Waals surface area (Å²) in [6, 6.07) is 2.06. The van der Waals surface area contributed by atoms with Gasteiger partial charge in [-0.3, -0.25) is 4.98 Å². The number of hydrogen-bond acceptors (Lipinski definition) is 3. The van der Waals surface area contributed by atoms with Crippen LogP contribution in [0.4, 0.5) is 5.69 Å². The zero-order valence-electron chi connectivity index (χ0n) is 9.35. The van der Waals surface area contributed by atoms with E-state index in [0.717, 1.165) is 19.5 Å². The fourth-order valence-corrected chi connectivity index (χ4v) is 2.22. The van der Waals surface area contributed by atoms with E-state index >= 15 is 0 Å². The second kappa shape index (κ2) is 4.19. The highest BCUT2D eigenvalue weighted by Gasteiger charge is 2.26. The van der Waals surface area contributed by atoms with Gasteiger partial charge in [0.25, 0.3) is 0 Å². The van der Waals surface area contributed by atoms with E-state index in [9.17, 15) is 5.11 Å². The standard InChI is InChI=1S/C12H18N2O/c1-9-7-13-5-3-12(9)14-6-4-11(8-14)10(2)15/h3,5,7,10-11,15H,4,6,8H2,1-2H3. The van der Waals surface area contributed by atoms with Crippen LogP contribution in [-0.2, 0) is 0 Å². The first kappa shape index (κ1) is 10.4. The number of anilines is 1. The summed E-state index contributed by atoms with van der Waals surface area (Å²) in [7, 11) is 0. The molecule has 0 bridgehead atoms. The van der Waals surface area contributed by atoms with Gasteiger partial charge in [-0.2, -0.15) is 0 Å². The zero-order valence-corrected chi connectivity index (χ0v) is 9.35. The van der Waals surface area contributed by atoms with Crippen molar-refractivity contribution in [1.82, 2.24) is 4.98 Å². The van der Waals surface area contributed by atoms with Gasteiger partial charge < -0.3 is 10.0 Å². The lowest BCUT2D eigenvalue weighted by atomic mass is 10.0. The number of aryl methyl sites for hydroxylation is 1. The number of aliphatic hydroxyl groups excluding tert-OH is 1. The summed E-state index contributed by atoms with van der Waals surface area (Å²) < 4.78 is 0. The molecule has 1 aromatic rings. The molecule has 3 heteroatoms. The lowest BCUT2D eigenvalue weighted by Gasteiger charge is -2.21. The Morgan fingerprint density at radius 2 is 2.40 bits per heavy atom. The summed E-state index contributed by atoms with van der Waals surface area (Å²) in [5, 5.41) is 9.55. The van der Waals surface area contributed by atoms with Crippen molar-refractivity contribution in [2.24, 2.45) is 5.92 Å². The lowest BCUT2D eigenvalue weighted by molar-refractivity contribution is 0.136. The maximum absolute atomic E-state index is 9.55. The van der Waals surface area contributed by atoms with Crippen LogP contribution in [0.5, 0.6) is 0 Å². The fourth-order valence-electron chi connectivity index (χ4n) is 2.22. The molecule has 1 aliphatic heterocycles. The van der Waals surface area contributed by atoms with Crippen LogP contribution in [0.3, 0.4) is 0 Å². The van der Waals surface area contributed by atoms with E-state index in [4.69, 9.17) is 0 Å². The molecule has 15 heavy (non-hydrogen) atoms. The number of rotatable bonds is 2. The Morgan fingerprint density at radius 3 is 3.00 bits per heavy atom. The van der Waals surface area contributed by atoms with E-state index in [0.29, 0.717) is 5.92 Å². The van der Waals surface area contributed by atoms with Crippen LogP contribution in [0.2, 0.25) is 0 Å². The average Bonchev–Trinajstić information content (AvgIpc) is 2.67. The Bertz CT molecular complexity index is 338. The van der Waals surface area contributed by atoms with Crippen LogP contribution in [0, 0.1) is 12.8 Å². The molecule has 2 rings (SSSR count). The molecule has 1 aliphatic rings. The second-order valence-electron chi connectivity index (χ2n) is 4.40. The van der Waals surface area contributed by atoms with Crippen LogP contribution < -0.4 is 4.90 Å². The van der Waals surface area contributed by atoms with E-state index in [2.05, 4.69) is 22.9 Å². The van der Waals surface area contributed by atoms with E-state index in [1.807, 2.05) is 19.3 Å². The van der Waals surface area contributed by atoms with Crippen LogP contribution in [-0.4, -0.2) is 29.3 Å². The average molecular weight is 206 g/mol. The van der Waals surface area contributed by atoms with Crippen LogP contribution in [0.1, 0.15) is 18.9 Å². The third-order valence-corrected chi connectivity index (χ3v) is 3.24. The minimum Gasteiger partial charge on any atom is -0.393 e. The molecular weight excluding hydrogens is 188 g/mol. The van der Waals surface area contributed by atoms with Crippen molar-refractivity contribution in [3.8, 4) is 0 Å². The summed E-state index contributed by atoms with van der Waals surface area (Å²) in [6.45, 7) is 5.97. The molecule has 1 fully saturated rings. The largest absolute Gasteiger partial charge is 0.393 e. The van der Waals surface area contributed by atoms with Gasteiger partial charge in [-0.15, -0.1) is 0 Å². The highest BCUT2D eigenvalue weighted by molar-refractivity contribution is 5.52. The van der Waals surface area contributed by atoms with Crippen molar-refractivity contribution >= 4 is 5.69 Å². The summed E-state index contributed by atoms with van der Waals surface area (Å²) in [4.78, 5) is 6.44. The van der Waals surface area contributed by atoms with Crippen molar-refractivity contribution < 1.29 is 5.11 Å². The Balaban J connectivity index is 2.11. The Morgan fingerprint density at radius 1 is 1.60 bits per heavy atom. The van der Waals surface area contributed by atoms with Gasteiger partial charge in [-0.1, -0.05) is 0 Å². The third kappa shape index (κ3) is 2.12. The summed E-state index contributed by atoms with van der Waals surface area (Å²) in [5.41, 5.74) is 2.47. The number of nitrogens with zero attached hydrogens (tertiary/aromatic N) is 2. The molecule has 0 amide bonds. The fraction of sp³-hybridized carbons (Fsp3) is 0.583. The molecule has 0 aromatic carbocycles. The summed E-state index contributed by atoms with van der Waals surface area (Å²) >= 11 is 0. The van der Waals surface area contributed by atoms with E-state index in [1.165, 1.54) is 11.3 Å². The summed E-state index contributed by atoms with van der Waals surface area (Å²) in [6.07, 6.45) is 4.61. The quantitative estimate of drug-likeness (QED) is 0.798. The molecule has 2 atom stereocenters. The summed E-state index contributed by atoms with van der Waals surface area (Å²) in [5.74, 6) is 0.414. The SMILES string of the molecule is Cc1cnccc1N1CCC(C(C)O)C1. The van der Waals surface area contributed by atoms with E-state index in [-0.39, 0.29) is 6.10 Å². The lowest BCUT2D eigenvalue weighted by Crippen LogP contribution is -2.24. The van der Waals surface area contributed by atoms with Crippen molar-refractivity contribution in [1.29, 1.82) is 0 Å². The number of aromatic nitrogens is 1. The monoisotopic (exact) mass is 206 g/mol. The first-order chi connectivity index (χ1) is 7.18. The van der Waals surface area contributed by atoms with Crippen molar-refractivity contribution in [3.05, 3.63) is 24.0 Å². The molecular formula is C12H18N2O. The van der Waals surface area contributed by atoms with Crippen molar-refractivity contribution in [2.45, 2.75) is 26.4 Å². The van der Waals surface area contributed by atoms with Crippen molar-refractivity contribution in [2.75, 3.05) is 18.0 Å². The maximum atomic E-state index is 9.55. The van der Waals surface area contributed by atoms with Gasteiger partial charge in [-0.05, 0) is 31.9 Å². The number of hydrogen-bond donors (Lipinski definition) is 1. The Hall–Kier alpha value is -1.09. The highest BCUT2D eigenvalue weighted by Crippen LogP contribution is 2.27. The number of aliphatic hydroxyl groups is 1. The molecule has 2 unspecified atom stereocenters. The first-order valence-corrected chi connectivity index (χ1v) is 5.52. The van der Waals surface area contributed by atoms with Gasteiger partial charge in [-0.25, -0.2) is 0 Å². The topological polar surface area (TPSA) is 36.4 Å². The smallest absolute Gasteiger partial charge is 0.0557 e. The van der Waals surface area contributed by atoms with Crippen molar-refractivity contribution in [3.63, 3.8) is 0 Å². The van der Waals surface area contributed by atoms with Crippen LogP contribution in [0.15, 0.2) is 18.5 Å². The van der Waals surface area contributed by atoms with Gasteiger partial charge in [0.2, 0.25) is 0 Å². The molecule has 3 nitrogen and oxygen atoms in total. The Labute approximate surface area is 90.8 Å². The van der Waals surface area contributed by atoms with Gasteiger partial charge in [0, 0.05) is 37.1 Å². The predicted molar refractivity (Wildman–Crippen MR) is 61.0 cm³/mol. The van der Waals surface area contributed by atoms with E-state index < -0.39 is 0 Å². The van der Waals surface area contributed by atoms with Gasteiger partial charge in [0.15, 0.2) is 0 Å². The van der Waals surface area contributed by atoms with E-state index in [1.54, 1.807) is 0 Å². The maximum Gasteiger partial charge on any atom is 0.0557 e. The normalized spacial score (nSPS) is 23.1. The molecule has 82 valence electrons. The van der Waals surface area contributed by atoms with Crippen LogP contribution >= 0.6 is 0 Å². The minimum absolute atomic E-state index is 0.197. The molecule has 0 saturated carbocycles. The Kier molecular flexibility index (Phi) is 2.91. The molecule has 1 aromatic heterocycles. The van der Waals surface area contributed by atoms with Gasteiger partial charge >= 0.3 is 0 Å². The highest BCUT2D eigenvalue weighted by atomic mass is 16.3. The molecule has 0 aliphatic carbocycles. The third-order valence-electron chi connectivity index (χ3n) is 3.24. The minimum atomic E-state index is -0.197. The van der Waals surface area contributed by atoms with Gasteiger partial charge in [0.05, 0.1) is 6.10 Å². The zero-order chi connectivity index (χ0) is 10.8. The van der Waals surface area contributed by atoms with Gasteiger partial charge in [0.1, 0.15) is 0 Å². The molecule has 0 spiro atoms. The molecule has 0 radical (unpaired) electrons. The molecule has 1 N–H and O–H groups in total. The number of pyridine rings is 1. The molecule has 2 heterocycles. The van der Waals surface area contributed by atoms with Crippen LogP contribution in [0.25, 0.3) is 0 Å². The predicted octanol–water partition coefficient (Wildman–Crippen LogP) is 1.60. The molecule has 1 saturated heterocycles. The second-order valence-corrected chi connectivity index (χ2v) is 4.40. The first-order valence-electron chi connectivity index (χ1n) is 5.52.